The summed E-state index contributed by atoms with van der Waals surface area (Å²) >= 11 is 0. The summed E-state index contributed by atoms with van der Waals surface area (Å²) in [5.74, 6) is 1.01. The summed E-state index contributed by atoms with van der Waals surface area (Å²) in [6, 6.07) is 42.4. The summed E-state index contributed by atoms with van der Waals surface area (Å²) in [6.45, 7) is 21.2. The molecular formula is C67H78F2N10O10Si2. The van der Waals surface area contributed by atoms with E-state index >= 15 is 4.39 Å². The van der Waals surface area contributed by atoms with E-state index in [0.717, 1.165) is 16.7 Å². The highest BCUT2D eigenvalue weighted by atomic mass is 28.4. The van der Waals surface area contributed by atoms with Crippen molar-refractivity contribution in [3.63, 3.8) is 0 Å². The van der Waals surface area contributed by atoms with Crippen molar-refractivity contribution < 1.29 is 56.0 Å². The summed E-state index contributed by atoms with van der Waals surface area (Å²) in [4.78, 5) is 51.9. The van der Waals surface area contributed by atoms with Gasteiger partial charge in [0.15, 0.2) is 75.4 Å². The fourth-order valence-corrected chi connectivity index (χ4v) is 12.3. The number of nitrogens with zero attached hydrogens (tertiary/aromatic N) is 8. The van der Waals surface area contributed by atoms with Gasteiger partial charge in [-0.3, -0.25) is 18.7 Å². The second kappa shape index (κ2) is 26.9. The number of alkyl halides is 2. The third-order valence-corrected chi connectivity index (χ3v) is 26.7. The minimum atomic E-state index is -2.32. The Labute approximate surface area is 529 Å². The predicted molar refractivity (Wildman–Crippen MR) is 347 cm³/mol. The Morgan fingerprint density at radius 1 is 0.538 bits per heavy atom. The van der Waals surface area contributed by atoms with Crippen LogP contribution in [-0.4, -0.2) is 137 Å². The van der Waals surface area contributed by atoms with Crippen LogP contribution >= 0.6 is 0 Å². The highest BCUT2D eigenvalue weighted by Gasteiger charge is 2.54. The lowest BCUT2D eigenvalue weighted by molar-refractivity contribution is -0.115. The lowest BCUT2D eigenvalue weighted by Crippen LogP contribution is -2.45. The van der Waals surface area contributed by atoms with Gasteiger partial charge in [-0.1, -0.05) is 133 Å². The average molecular weight is 1280 g/mol. The molecule has 0 bridgehead atoms. The van der Waals surface area contributed by atoms with Gasteiger partial charge in [0.05, 0.1) is 40.1 Å². The van der Waals surface area contributed by atoms with Crippen molar-refractivity contribution in [1.82, 2.24) is 39.0 Å². The first-order valence-corrected chi connectivity index (χ1v) is 35.8. The lowest BCUT2D eigenvalue weighted by atomic mass is 9.79. The first-order valence-electron chi connectivity index (χ1n) is 30.0. The van der Waals surface area contributed by atoms with Crippen molar-refractivity contribution >= 4 is 62.4 Å². The van der Waals surface area contributed by atoms with Crippen LogP contribution in [0.1, 0.15) is 91.4 Å². The number of amides is 2. The van der Waals surface area contributed by atoms with Gasteiger partial charge in [-0.15, -0.1) is 0 Å². The molecule has 24 heteroatoms. The maximum atomic E-state index is 17.6. The maximum absolute atomic E-state index is 17.6. The van der Waals surface area contributed by atoms with Gasteiger partial charge in [0.1, 0.15) is 54.2 Å². The Morgan fingerprint density at radius 3 is 1.34 bits per heavy atom. The number of rotatable bonds is 19. The number of halogens is 2. The third-order valence-electron chi connectivity index (χ3n) is 17.7. The van der Waals surface area contributed by atoms with Crippen LogP contribution in [-0.2, 0) is 28.7 Å². The summed E-state index contributed by atoms with van der Waals surface area (Å²) in [7, 11) is -1.22. The second-order valence-electron chi connectivity index (χ2n) is 25.5. The number of ether oxygens (including phenoxy) is 5. The smallest absolute Gasteiger partial charge is 0.256 e. The molecule has 2 aliphatic rings. The Balaban J connectivity index is 0.000000227. The van der Waals surface area contributed by atoms with Gasteiger partial charge in [0.25, 0.3) is 11.8 Å². The van der Waals surface area contributed by atoms with Crippen molar-refractivity contribution in [1.29, 1.82) is 0 Å². The van der Waals surface area contributed by atoms with E-state index in [1.165, 1.54) is 29.9 Å². The molecule has 6 heterocycles. The number of methoxy groups -OCH3 is 2. The summed E-state index contributed by atoms with van der Waals surface area (Å²) in [6.07, 6.45) is -4.50. The Kier molecular flexibility index (Phi) is 19.5. The zero-order chi connectivity index (χ0) is 65.0. The fraction of sp³-hybridized carbons (Fsp3) is 0.373. The molecule has 478 valence electrons. The largest absolute Gasteiger partial charge is 0.497 e. The Hall–Kier alpha value is -8.21. The minimum absolute atomic E-state index is 0.0113. The first kappa shape index (κ1) is 65.7. The van der Waals surface area contributed by atoms with Crippen molar-refractivity contribution in [2.24, 2.45) is 0 Å². The topological polar surface area (TPSA) is 230 Å². The van der Waals surface area contributed by atoms with E-state index in [2.05, 4.69) is 108 Å². The number of carbonyl (C=O) groups excluding carboxylic acids is 2. The van der Waals surface area contributed by atoms with Gasteiger partial charge in [0, 0.05) is 11.1 Å². The summed E-state index contributed by atoms with van der Waals surface area (Å²) in [5, 5.41) is 16.0. The number of imidazole rings is 2. The highest BCUT2D eigenvalue weighted by Crippen LogP contribution is 2.48. The van der Waals surface area contributed by atoms with E-state index in [1.54, 1.807) is 67.3 Å². The van der Waals surface area contributed by atoms with Gasteiger partial charge in [-0.25, -0.2) is 38.7 Å². The van der Waals surface area contributed by atoms with E-state index in [0.29, 0.717) is 45.0 Å². The predicted octanol–water partition coefficient (Wildman–Crippen LogP) is 12.4. The van der Waals surface area contributed by atoms with Crippen LogP contribution in [0.5, 0.6) is 11.5 Å². The van der Waals surface area contributed by atoms with Crippen LogP contribution in [0.4, 0.5) is 20.4 Å². The summed E-state index contributed by atoms with van der Waals surface area (Å²) < 4.78 is 79.5. The first-order chi connectivity index (χ1) is 43.3. The van der Waals surface area contributed by atoms with E-state index in [-0.39, 0.29) is 46.7 Å². The standard InChI is InChI=1S/C44H48FN5O6Si.C23H30FN5O4Si/c1-43(2,3)57(6,7)54-26-35-36(45)38(42(55-35)50-28-48-37-39(46-27-47-40(37)50)49-41(51)29-14-10-8-11-15-29)56-44(30-16-12-9-13-17-30,31-18-22-33(52-4)23-19-31)32-20-24-34(53-5)25-21-32;1-23(2,3)34(4,5)32-11-15-16(24)18(30)22(33-15)29-13-27-17-19(25-12-26-20(17)29)28-21(31)14-9-7-6-8-10-14/h8-25,27-28,35-36,38,42H,26H2,1-7H3,(H,46,47,49,51);6-10,12-13,15-16,18,22,30H,11H2,1-5H3,(H,25,26,28,31)/t35-,36+,38-,42-;15-,16+,18-,22-/m11/s1. The van der Waals surface area contributed by atoms with Crippen LogP contribution in [0.3, 0.4) is 0 Å². The van der Waals surface area contributed by atoms with Gasteiger partial charge >= 0.3 is 0 Å². The van der Waals surface area contributed by atoms with Crippen molar-refractivity contribution in [2.75, 3.05) is 38.1 Å². The average Bonchev–Trinajstić information content (AvgIpc) is 1.76. The van der Waals surface area contributed by atoms with E-state index in [9.17, 15) is 19.1 Å². The Morgan fingerprint density at radius 2 is 0.923 bits per heavy atom. The molecule has 2 saturated heterocycles. The maximum Gasteiger partial charge on any atom is 0.256 e. The van der Waals surface area contributed by atoms with Gasteiger partial charge in [-0.05, 0) is 101 Å². The molecule has 4 aromatic heterocycles. The van der Waals surface area contributed by atoms with Crippen molar-refractivity contribution in [3.8, 4) is 11.5 Å². The molecule has 2 aliphatic heterocycles. The fourth-order valence-electron chi connectivity index (χ4n) is 10.3. The third kappa shape index (κ3) is 13.7. The Bertz CT molecular complexity index is 3890. The molecule has 91 heavy (non-hydrogen) atoms. The molecule has 0 aliphatic carbocycles. The molecule has 3 N–H and O–H groups in total. The molecule has 9 aromatic rings. The lowest BCUT2D eigenvalue weighted by Gasteiger charge is -2.39. The molecule has 5 aromatic carbocycles. The number of hydrogen-bond donors (Lipinski definition) is 3. The molecule has 11 rings (SSSR count). The molecule has 2 fully saturated rings. The minimum Gasteiger partial charge on any atom is -0.497 e. The molecule has 0 unspecified atom stereocenters. The number of fused-ring (bicyclic) bond motifs is 2. The number of carbonyl (C=O) groups is 2. The zero-order valence-electron chi connectivity index (χ0n) is 53.1. The van der Waals surface area contributed by atoms with Crippen molar-refractivity contribution in [2.45, 2.75) is 133 Å². The highest BCUT2D eigenvalue weighted by molar-refractivity contribution is 6.74. The monoisotopic (exact) mass is 1280 g/mol. The molecule has 0 radical (unpaired) electrons. The van der Waals surface area contributed by atoms with E-state index in [4.69, 9.17) is 32.5 Å². The number of aromatic nitrogens is 8. The zero-order valence-corrected chi connectivity index (χ0v) is 55.1. The van der Waals surface area contributed by atoms with Crippen LogP contribution in [0.25, 0.3) is 22.3 Å². The number of aliphatic hydroxyl groups excluding tert-OH is 1. The number of nitrogens with one attached hydrogen (secondary N) is 2. The number of hydrogen-bond acceptors (Lipinski definition) is 16. The number of anilines is 2. The SMILES string of the molecule is CC(C)(C)[Si](C)(C)OC[C@H]1O[C@@H](n2cnc3c(NC(=O)c4ccccc4)ncnc32)[C@H](O)[C@H]1F.COc1ccc(C(O[C@@H]2[C@@H](F)[C@@H](CO[Si](C)(C)C(C)(C)C)O[C@H]2n2cnc3c(NC(=O)c4ccccc4)ncnc32)(c2ccccc2)c2ccc(OC)cc2)cc1. The molecule has 2 amide bonds. The molecule has 0 saturated carbocycles. The molecular weight excluding hydrogens is 1200 g/mol. The van der Waals surface area contributed by atoms with Crippen LogP contribution in [0.15, 0.2) is 165 Å². The molecule has 20 nitrogen and oxygen atoms in total. The second-order valence-corrected chi connectivity index (χ2v) is 35.1. The van der Waals surface area contributed by atoms with Gasteiger partial charge in [0.2, 0.25) is 0 Å². The summed E-state index contributed by atoms with van der Waals surface area (Å²) in [5.41, 5.74) is 3.01. The number of benzene rings is 5. The van der Waals surface area contributed by atoms with Crippen LogP contribution in [0.2, 0.25) is 36.3 Å². The van der Waals surface area contributed by atoms with Crippen LogP contribution < -0.4 is 20.1 Å². The van der Waals surface area contributed by atoms with E-state index < -0.39 is 71.5 Å². The van der Waals surface area contributed by atoms with E-state index in [1.807, 2.05) is 91.0 Å². The van der Waals surface area contributed by atoms with Gasteiger partial charge < -0.3 is 48.3 Å². The number of aliphatic hydroxyl groups is 1. The van der Waals surface area contributed by atoms with Gasteiger partial charge in [-0.2, -0.15) is 0 Å². The van der Waals surface area contributed by atoms with Crippen LogP contribution in [0, 0.1) is 0 Å². The molecule has 8 atom stereocenters. The van der Waals surface area contributed by atoms with Crippen molar-refractivity contribution in [3.05, 3.63) is 193 Å². The quantitative estimate of drug-likeness (QED) is 0.0505. The molecule has 0 spiro atoms. The normalized spacial score (nSPS) is 20.5.